The van der Waals surface area contributed by atoms with E-state index in [1.807, 2.05) is 0 Å². The molecule has 0 unspecified atom stereocenters. The lowest BCUT2D eigenvalue weighted by molar-refractivity contribution is -0.120. The van der Waals surface area contributed by atoms with Crippen molar-refractivity contribution in [3.05, 3.63) is 41.5 Å². The second kappa shape index (κ2) is 3.52. The average Bonchev–Trinajstić information content (AvgIpc) is 2.53. The number of benzene rings is 1. The van der Waals surface area contributed by atoms with Gasteiger partial charge >= 0.3 is 0 Å². The van der Waals surface area contributed by atoms with Crippen molar-refractivity contribution in [3.8, 4) is 0 Å². The summed E-state index contributed by atoms with van der Waals surface area (Å²) < 4.78 is 26.7. The Kier molecular flexibility index (Phi) is 2.30. The van der Waals surface area contributed by atoms with E-state index in [4.69, 9.17) is 0 Å². The molecule has 0 fully saturated rings. The molecule has 2 rings (SSSR count). The van der Waals surface area contributed by atoms with Gasteiger partial charge in [-0.1, -0.05) is 0 Å². The van der Waals surface area contributed by atoms with Crippen LogP contribution in [0.1, 0.15) is 5.56 Å². The van der Waals surface area contributed by atoms with Crippen LogP contribution in [-0.4, -0.2) is 11.8 Å². The molecule has 2 amide bonds. The normalized spacial score (nSPS) is 15.1. The summed E-state index contributed by atoms with van der Waals surface area (Å²) in [6, 6.07) is 1.79. The third kappa shape index (κ3) is 1.50. The van der Waals surface area contributed by atoms with Crippen LogP contribution in [0.5, 0.6) is 0 Å². The zero-order chi connectivity index (χ0) is 11.9. The van der Waals surface area contributed by atoms with Crippen LogP contribution in [0.2, 0.25) is 0 Å². The highest BCUT2D eigenvalue weighted by atomic mass is 19.1. The van der Waals surface area contributed by atoms with E-state index in [2.05, 4.69) is 0 Å². The van der Waals surface area contributed by atoms with E-state index in [0.29, 0.717) is 4.90 Å². The first-order valence-corrected chi connectivity index (χ1v) is 4.52. The Hall–Kier alpha value is -2.04. The van der Waals surface area contributed by atoms with Crippen molar-refractivity contribution in [2.24, 2.45) is 0 Å². The molecular weight excluding hydrogens is 216 g/mol. The van der Waals surface area contributed by atoms with Gasteiger partial charge in [0.05, 0.1) is 5.69 Å². The first-order valence-electron chi connectivity index (χ1n) is 4.52. The lowest BCUT2D eigenvalue weighted by atomic mass is 10.2. The fraction of sp³-hybridized carbons (Fsp3) is 0.0909. The molecule has 1 aliphatic heterocycles. The molecule has 82 valence electrons. The average molecular weight is 223 g/mol. The van der Waals surface area contributed by atoms with E-state index in [1.165, 1.54) is 6.92 Å². The summed E-state index contributed by atoms with van der Waals surface area (Å²) >= 11 is 0. The van der Waals surface area contributed by atoms with Gasteiger partial charge in [0.15, 0.2) is 0 Å². The Bertz CT molecular complexity index is 505. The van der Waals surface area contributed by atoms with Gasteiger partial charge in [-0.05, 0) is 18.6 Å². The number of halogens is 2. The van der Waals surface area contributed by atoms with Crippen molar-refractivity contribution in [2.75, 3.05) is 4.90 Å². The second-order valence-corrected chi connectivity index (χ2v) is 3.40. The second-order valence-electron chi connectivity index (χ2n) is 3.40. The van der Waals surface area contributed by atoms with Gasteiger partial charge in [0.1, 0.15) is 11.6 Å². The van der Waals surface area contributed by atoms with Crippen molar-refractivity contribution in [1.29, 1.82) is 0 Å². The maximum absolute atomic E-state index is 13.5. The standard InChI is InChI=1S/C11H7F2NO2/c1-6-4-8(13)9(5-7(6)12)14-10(15)2-3-11(14)16/h2-5H,1H3. The molecule has 0 bridgehead atoms. The minimum Gasteiger partial charge on any atom is -0.269 e. The lowest BCUT2D eigenvalue weighted by Gasteiger charge is -2.15. The van der Waals surface area contributed by atoms with Crippen LogP contribution < -0.4 is 4.90 Å². The molecule has 0 saturated heterocycles. The predicted octanol–water partition coefficient (Wildman–Crippen LogP) is 1.70. The number of imide groups is 1. The third-order valence-electron chi connectivity index (χ3n) is 2.28. The molecule has 1 aromatic carbocycles. The Labute approximate surface area is 90.0 Å². The summed E-state index contributed by atoms with van der Waals surface area (Å²) in [5.74, 6) is -2.81. The van der Waals surface area contributed by atoms with Gasteiger partial charge in [-0.15, -0.1) is 0 Å². The summed E-state index contributed by atoms with van der Waals surface area (Å²) in [6.07, 6.45) is 2.03. The number of anilines is 1. The number of hydrogen-bond donors (Lipinski definition) is 0. The highest BCUT2D eigenvalue weighted by molar-refractivity contribution is 6.28. The molecule has 5 heteroatoms. The van der Waals surface area contributed by atoms with Crippen LogP contribution in [-0.2, 0) is 9.59 Å². The molecule has 0 spiro atoms. The van der Waals surface area contributed by atoms with Gasteiger partial charge in [0.2, 0.25) is 0 Å². The number of hydrogen-bond acceptors (Lipinski definition) is 2. The summed E-state index contributed by atoms with van der Waals surface area (Å²) in [5, 5.41) is 0. The lowest BCUT2D eigenvalue weighted by Crippen LogP contribution is -2.30. The number of carbonyl (C=O) groups excluding carboxylic acids is 2. The highest BCUT2D eigenvalue weighted by Gasteiger charge is 2.28. The molecule has 16 heavy (non-hydrogen) atoms. The summed E-state index contributed by atoms with van der Waals surface area (Å²) in [7, 11) is 0. The Morgan fingerprint density at radius 1 is 1.00 bits per heavy atom. The van der Waals surface area contributed by atoms with Gasteiger partial charge in [0, 0.05) is 18.2 Å². The van der Waals surface area contributed by atoms with Crippen molar-refractivity contribution in [3.63, 3.8) is 0 Å². The number of amides is 2. The van der Waals surface area contributed by atoms with Gasteiger partial charge in [0.25, 0.3) is 11.8 Å². The summed E-state index contributed by atoms with van der Waals surface area (Å²) in [4.78, 5) is 23.1. The fourth-order valence-electron chi connectivity index (χ4n) is 1.44. The fourth-order valence-corrected chi connectivity index (χ4v) is 1.44. The maximum Gasteiger partial charge on any atom is 0.258 e. The van der Waals surface area contributed by atoms with E-state index in [1.54, 1.807) is 0 Å². The molecule has 0 atom stereocenters. The minimum absolute atomic E-state index is 0.119. The molecule has 1 aromatic rings. The van der Waals surface area contributed by atoms with Crippen molar-refractivity contribution >= 4 is 17.5 Å². The van der Waals surface area contributed by atoms with E-state index >= 15 is 0 Å². The SMILES string of the molecule is Cc1cc(F)c(N2C(=O)C=CC2=O)cc1F. The molecule has 0 aromatic heterocycles. The van der Waals surface area contributed by atoms with Crippen molar-refractivity contribution in [1.82, 2.24) is 0 Å². The molecule has 0 radical (unpaired) electrons. The first-order chi connectivity index (χ1) is 7.50. The van der Waals surface area contributed by atoms with Gasteiger partial charge in [-0.2, -0.15) is 0 Å². The Morgan fingerprint density at radius 2 is 1.56 bits per heavy atom. The summed E-state index contributed by atoms with van der Waals surface area (Å²) in [5.41, 5.74) is -0.239. The van der Waals surface area contributed by atoms with Crippen molar-refractivity contribution in [2.45, 2.75) is 6.92 Å². The van der Waals surface area contributed by atoms with Gasteiger partial charge < -0.3 is 0 Å². The molecule has 1 heterocycles. The summed E-state index contributed by atoms with van der Waals surface area (Å²) in [6.45, 7) is 1.40. The quantitative estimate of drug-likeness (QED) is 0.679. The van der Waals surface area contributed by atoms with Crippen LogP contribution in [0.3, 0.4) is 0 Å². The third-order valence-corrected chi connectivity index (χ3v) is 2.28. The van der Waals surface area contributed by atoms with E-state index in [9.17, 15) is 18.4 Å². The number of nitrogens with zero attached hydrogens (tertiary/aromatic N) is 1. The van der Waals surface area contributed by atoms with Crippen LogP contribution in [0.25, 0.3) is 0 Å². The molecule has 0 N–H and O–H groups in total. The predicted molar refractivity (Wildman–Crippen MR) is 52.7 cm³/mol. The number of rotatable bonds is 1. The smallest absolute Gasteiger partial charge is 0.258 e. The van der Waals surface area contributed by atoms with Crippen LogP contribution in [0.15, 0.2) is 24.3 Å². The molecule has 0 saturated carbocycles. The first kappa shape index (κ1) is 10.5. The van der Waals surface area contributed by atoms with Gasteiger partial charge in [-0.25, -0.2) is 13.7 Å². The molecule has 3 nitrogen and oxygen atoms in total. The minimum atomic E-state index is -0.802. The largest absolute Gasteiger partial charge is 0.269 e. The van der Waals surface area contributed by atoms with Crippen LogP contribution in [0.4, 0.5) is 14.5 Å². The number of aryl methyl sites for hydroxylation is 1. The van der Waals surface area contributed by atoms with E-state index in [-0.39, 0.29) is 11.3 Å². The van der Waals surface area contributed by atoms with Gasteiger partial charge in [-0.3, -0.25) is 9.59 Å². The zero-order valence-electron chi connectivity index (χ0n) is 8.33. The van der Waals surface area contributed by atoms with E-state index < -0.39 is 23.4 Å². The monoisotopic (exact) mass is 223 g/mol. The molecule has 0 aliphatic carbocycles. The van der Waals surface area contributed by atoms with E-state index in [0.717, 1.165) is 24.3 Å². The topological polar surface area (TPSA) is 37.4 Å². The Balaban J connectivity index is 2.53. The zero-order valence-corrected chi connectivity index (χ0v) is 8.33. The van der Waals surface area contributed by atoms with Crippen molar-refractivity contribution < 1.29 is 18.4 Å². The number of carbonyl (C=O) groups is 2. The molecular formula is C11H7F2NO2. The maximum atomic E-state index is 13.5. The Morgan fingerprint density at radius 3 is 2.12 bits per heavy atom. The molecule has 1 aliphatic rings. The highest BCUT2D eigenvalue weighted by Crippen LogP contribution is 2.25. The van der Waals surface area contributed by atoms with Crippen LogP contribution in [0, 0.1) is 18.6 Å². The van der Waals surface area contributed by atoms with Crippen LogP contribution >= 0.6 is 0 Å².